The van der Waals surface area contributed by atoms with Crippen LogP contribution in [0.5, 0.6) is 5.75 Å². The Labute approximate surface area is 166 Å². The Balaban J connectivity index is 1.98. The average molecular weight is 402 g/mol. The number of hydrogen-bond acceptors (Lipinski definition) is 7. The third-order valence-electron chi connectivity index (χ3n) is 4.14. The zero-order valence-corrected chi connectivity index (χ0v) is 16.3. The number of aromatic nitrogens is 2. The molecule has 2 rings (SSSR count). The number of carbonyl (C=O) groups excluding carboxylic acids is 2. The van der Waals surface area contributed by atoms with E-state index < -0.39 is 22.8 Å². The molecule has 0 aliphatic carbocycles. The topological polar surface area (TPSA) is 154 Å². The van der Waals surface area contributed by atoms with Crippen LogP contribution >= 0.6 is 0 Å². The van der Waals surface area contributed by atoms with Crippen LogP contribution in [0.3, 0.4) is 0 Å². The molecule has 1 heterocycles. The number of amides is 2. The van der Waals surface area contributed by atoms with Gasteiger partial charge in [0, 0.05) is 0 Å². The van der Waals surface area contributed by atoms with Gasteiger partial charge in [0.2, 0.25) is 0 Å². The predicted octanol–water partition coefficient (Wildman–Crippen LogP) is 1.12. The summed E-state index contributed by atoms with van der Waals surface area (Å²) in [5.41, 5.74) is 11.7. The number of aryl methyl sites for hydroxylation is 1. The van der Waals surface area contributed by atoms with Gasteiger partial charge < -0.3 is 10.5 Å². The van der Waals surface area contributed by atoms with Crippen molar-refractivity contribution >= 4 is 23.2 Å². The molecule has 0 fully saturated rings. The molecule has 2 amide bonds. The van der Waals surface area contributed by atoms with E-state index in [1.54, 1.807) is 31.2 Å². The summed E-state index contributed by atoms with van der Waals surface area (Å²) < 4.78 is 6.47. The molecule has 1 aromatic carbocycles. The molecule has 0 saturated heterocycles. The summed E-state index contributed by atoms with van der Waals surface area (Å²) in [4.78, 5) is 33.7. The van der Waals surface area contributed by atoms with Crippen LogP contribution in [-0.4, -0.2) is 33.1 Å². The number of rotatable bonds is 9. The first kappa shape index (κ1) is 21.4. The normalized spacial score (nSPS) is 11.4. The maximum atomic E-state index is 12.4. The van der Waals surface area contributed by atoms with Gasteiger partial charge in [-0.05, 0) is 50.6 Å². The molecule has 2 aromatic rings. The van der Waals surface area contributed by atoms with Gasteiger partial charge in [0.15, 0.2) is 6.61 Å². The van der Waals surface area contributed by atoms with E-state index in [2.05, 4.69) is 22.5 Å². The highest BCUT2D eigenvalue weighted by molar-refractivity contribution is 5.81. The second kappa shape index (κ2) is 8.87. The van der Waals surface area contributed by atoms with Crippen molar-refractivity contribution in [2.75, 3.05) is 6.61 Å². The molecule has 154 valence electrons. The van der Waals surface area contributed by atoms with Crippen molar-refractivity contribution in [2.24, 2.45) is 5.73 Å². The zero-order valence-electron chi connectivity index (χ0n) is 16.3. The fraction of sp³-hybridized carbons (Fsp3) is 0.278. The van der Waals surface area contributed by atoms with Crippen LogP contribution in [0.1, 0.15) is 29.9 Å². The lowest BCUT2D eigenvalue weighted by atomic mass is 10.2. The van der Waals surface area contributed by atoms with E-state index in [9.17, 15) is 19.7 Å². The lowest BCUT2D eigenvalue weighted by Gasteiger charge is -2.16. The molecule has 4 N–H and O–H groups in total. The molecule has 0 spiro atoms. The van der Waals surface area contributed by atoms with Gasteiger partial charge in [-0.1, -0.05) is 6.58 Å². The van der Waals surface area contributed by atoms with Gasteiger partial charge in [0.1, 0.15) is 23.2 Å². The van der Waals surface area contributed by atoms with Crippen molar-refractivity contribution in [3.63, 3.8) is 0 Å². The molecular formula is C18H22N6O5. The first-order valence-electron chi connectivity index (χ1n) is 8.58. The summed E-state index contributed by atoms with van der Waals surface area (Å²) >= 11 is 0. The van der Waals surface area contributed by atoms with Crippen LogP contribution in [0.4, 0.5) is 5.69 Å². The molecule has 1 aromatic heterocycles. The number of carbonyl (C=O) groups is 2. The molecule has 0 aliphatic rings. The number of nitrogens with zero attached hydrogens (tertiary/aromatic N) is 3. The number of nitro groups is 1. The molecular weight excluding hydrogens is 380 g/mol. The summed E-state index contributed by atoms with van der Waals surface area (Å²) in [5.74, 6) is -0.567. The molecule has 29 heavy (non-hydrogen) atoms. The zero-order chi connectivity index (χ0) is 21.7. The third kappa shape index (κ3) is 5.09. The summed E-state index contributed by atoms with van der Waals surface area (Å²) in [6.45, 7) is 8.25. The predicted molar refractivity (Wildman–Crippen MR) is 105 cm³/mol. The minimum absolute atomic E-state index is 0.110. The standard InChI is InChI=1S/C18H22N6O5/c1-10(14-5-7-15(8-6-14)29-9-16(19)25)20-21-18(26)13(4)23-12(3)17(24(27)28)11(2)22-23/h5-8,13,20H,1,9H2,2-4H3,(H2,19,25)(H,21,26)/t13-/m1/s1. The van der Waals surface area contributed by atoms with E-state index in [1.807, 2.05) is 0 Å². The van der Waals surface area contributed by atoms with Gasteiger partial charge in [-0.2, -0.15) is 5.10 Å². The van der Waals surface area contributed by atoms with Crippen LogP contribution in [0.25, 0.3) is 5.70 Å². The highest BCUT2D eigenvalue weighted by atomic mass is 16.6. The smallest absolute Gasteiger partial charge is 0.312 e. The van der Waals surface area contributed by atoms with Gasteiger partial charge in [0.05, 0.1) is 10.6 Å². The van der Waals surface area contributed by atoms with E-state index in [0.717, 1.165) is 0 Å². The SMILES string of the molecule is C=C(NNC(=O)[C@@H](C)n1nc(C)c([N+](=O)[O-])c1C)c1ccc(OCC(N)=O)cc1. The lowest BCUT2D eigenvalue weighted by molar-refractivity contribution is -0.386. The third-order valence-corrected chi connectivity index (χ3v) is 4.14. The van der Waals surface area contributed by atoms with Crippen molar-refractivity contribution < 1.29 is 19.2 Å². The van der Waals surface area contributed by atoms with E-state index in [4.69, 9.17) is 10.5 Å². The molecule has 0 bridgehead atoms. The fourth-order valence-corrected chi connectivity index (χ4v) is 2.63. The van der Waals surface area contributed by atoms with Crippen molar-refractivity contribution in [3.05, 3.63) is 57.9 Å². The lowest BCUT2D eigenvalue weighted by Crippen LogP contribution is -2.40. The molecule has 0 unspecified atom stereocenters. The largest absolute Gasteiger partial charge is 0.484 e. The fourth-order valence-electron chi connectivity index (χ4n) is 2.63. The van der Waals surface area contributed by atoms with E-state index in [1.165, 1.54) is 18.5 Å². The number of hydrazine groups is 1. The highest BCUT2D eigenvalue weighted by Crippen LogP contribution is 2.24. The highest BCUT2D eigenvalue weighted by Gasteiger charge is 2.27. The van der Waals surface area contributed by atoms with Gasteiger partial charge in [-0.25, -0.2) is 0 Å². The Morgan fingerprint density at radius 1 is 1.31 bits per heavy atom. The van der Waals surface area contributed by atoms with Gasteiger partial charge in [-0.3, -0.25) is 35.2 Å². The van der Waals surface area contributed by atoms with Crippen LogP contribution in [0.2, 0.25) is 0 Å². The number of nitrogens with one attached hydrogen (secondary N) is 2. The Morgan fingerprint density at radius 3 is 2.45 bits per heavy atom. The molecule has 0 aliphatic heterocycles. The number of hydrogen-bond donors (Lipinski definition) is 3. The Hall–Kier alpha value is -3.89. The molecule has 11 nitrogen and oxygen atoms in total. The van der Waals surface area contributed by atoms with E-state index in [-0.39, 0.29) is 18.0 Å². The maximum absolute atomic E-state index is 12.4. The molecule has 11 heteroatoms. The van der Waals surface area contributed by atoms with Gasteiger partial charge >= 0.3 is 5.69 Å². The van der Waals surface area contributed by atoms with Gasteiger partial charge in [0.25, 0.3) is 11.8 Å². The quantitative estimate of drug-likeness (QED) is 0.419. The van der Waals surface area contributed by atoms with Crippen LogP contribution < -0.4 is 21.3 Å². The monoisotopic (exact) mass is 402 g/mol. The number of primary amides is 1. The second-order valence-electron chi connectivity index (χ2n) is 6.27. The molecule has 0 saturated carbocycles. The van der Waals surface area contributed by atoms with Crippen LogP contribution in [0.15, 0.2) is 30.8 Å². The minimum atomic E-state index is -0.785. The van der Waals surface area contributed by atoms with Crippen LogP contribution in [-0.2, 0) is 9.59 Å². The summed E-state index contributed by atoms with van der Waals surface area (Å²) in [6, 6.07) is 5.85. The van der Waals surface area contributed by atoms with E-state index >= 15 is 0 Å². The number of benzene rings is 1. The number of nitrogens with two attached hydrogens (primary N) is 1. The average Bonchev–Trinajstić information content (AvgIpc) is 2.98. The minimum Gasteiger partial charge on any atom is -0.484 e. The Morgan fingerprint density at radius 2 is 1.93 bits per heavy atom. The first-order valence-corrected chi connectivity index (χ1v) is 8.58. The second-order valence-corrected chi connectivity index (χ2v) is 6.27. The first-order chi connectivity index (χ1) is 13.6. The van der Waals surface area contributed by atoms with Crippen LogP contribution in [0, 0.1) is 24.0 Å². The van der Waals surface area contributed by atoms with Crippen molar-refractivity contribution in [1.82, 2.24) is 20.6 Å². The summed E-state index contributed by atoms with van der Waals surface area (Å²) in [7, 11) is 0. The van der Waals surface area contributed by atoms with Crippen molar-refractivity contribution in [2.45, 2.75) is 26.8 Å². The Bertz CT molecular complexity index is 950. The maximum Gasteiger partial charge on any atom is 0.312 e. The number of ether oxygens (including phenoxy) is 1. The van der Waals surface area contributed by atoms with Crippen molar-refractivity contribution in [1.29, 1.82) is 0 Å². The summed E-state index contributed by atoms with van der Waals surface area (Å²) in [6.07, 6.45) is 0. The molecule has 0 radical (unpaired) electrons. The molecule has 1 atom stereocenters. The van der Waals surface area contributed by atoms with Crippen molar-refractivity contribution in [3.8, 4) is 5.75 Å². The van der Waals surface area contributed by atoms with Gasteiger partial charge in [-0.15, -0.1) is 0 Å². The summed E-state index contributed by atoms with van der Waals surface area (Å²) in [5, 5.41) is 15.2. The van der Waals surface area contributed by atoms with E-state index in [0.29, 0.717) is 22.7 Å². The Kier molecular flexibility index (Phi) is 6.55.